The molecule has 0 aromatic rings. The van der Waals surface area contributed by atoms with E-state index in [1.807, 2.05) is 0 Å². The van der Waals surface area contributed by atoms with Crippen molar-refractivity contribution >= 4 is 11.9 Å². The van der Waals surface area contributed by atoms with Crippen LogP contribution in [-0.2, 0) is 9.59 Å². The Morgan fingerprint density at radius 1 is 1.42 bits per heavy atom. The summed E-state index contributed by atoms with van der Waals surface area (Å²) in [4.78, 5) is 20.3. The predicted octanol–water partition coefficient (Wildman–Crippen LogP) is -3.20. The van der Waals surface area contributed by atoms with Gasteiger partial charge >= 0.3 is 63.3 Å². The molecule has 0 fully saturated rings. The molecule has 0 aromatic heterocycles. The minimum Gasteiger partial charge on any atom is -1.00 e. The quantitative estimate of drug-likeness (QED) is 0.417. The van der Waals surface area contributed by atoms with E-state index in [1.54, 1.807) is 0 Å². The number of carboxylic acid groups (broad SMARTS) is 2. The molecular formula is C6H11KO5. The van der Waals surface area contributed by atoms with Crippen molar-refractivity contribution in [3.63, 3.8) is 0 Å². The van der Waals surface area contributed by atoms with Crippen molar-refractivity contribution in [2.75, 3.05) is 0 Å². The molecule has 0 rings (SSSR count). The number of aliphatic hydroxyl groups is 1. The van der Waals surface area contributed by atoms with Gasteiger partial charge in [-0.05, 0) is 6.42 Å². The van der Waals surface area contributed by atoms with E-state index in [2.05, 4.69) is 0 Å². The molecule has 12 heavy (non-hydrogen) atoms. The minimum atomic E-state index is -2.12. The van der Waals surface area contributed by atoms with Crippen molar-refractivity contribution < 1.29 is 77.7 Å². The van der Waals surface area contributed by atoms with Crippen molar-refractivity contribution in [3.05, 3.63) is 0 Å². The molecule has 0 aliphatic carbocycles. The van der Waals surface area contributed by atoms with Crippen LogP contribution in [0.25, 0.3) is 0 Å². The molecule has 0 aromatic carbocycles. The standard InChI is InChI=1S/C6H10O5.K.H/c1-2-6(11,5(9)10)3-4(7)8;;/h11H,2-3H2,1H3,(H,7,8)(H,9,10);;/q;+1;-1. The van der Waals surface area contributed by atoms with E-state index in [0.29, 0.717) is 0 Å². The van der Waals surface area contributed by atoms with Gasteiger partial charge in [0.2, 0.25) is 0 Å². The Hall–Kier alpha value is 0.536. The molecule has 0 saturated heterocycles. The molecule has 6 heteroatoms. The summed E-state index contributed by atoms with van der Waals surface area (Å²) >= 11 is 0. The molecule has 0 spiro atoms. The maximum absolute atomic E-state index is 10.3. The number of rotatable bonds is 4. The molecule has 5 nitrogen and oxygen atoms in total. The van der Waals surface area contributed by atoms with Crippen LogP contribution in [0.4, 0.5) is 0 Å². The van der Waals surface area contributed by atoms with E-state index in [9.17, 15) is 9.59 Å². The van der Waals surface area contributed by atoms with Gasteiger partial charge < -0.3 is 16.7 Å². The van der Waals surface area contributed by atoms with Crippen LogP contribution in [0.5, 0.6) is 0 Å². The third kappa shape index (κ3) is 4.53. The fourth-order valence-electron chi connectivity index (χ4n) is 0.602. The molecule has 0 aliphatic rings. The first kappa shape index (κ1) is 15.0. The summed E-state index contributed by atoms with van der Waals surface area (Å²) in [7, 11) is 0. The van der Waals surface area contributed by atoms with Crippen LogP contribution in [0, 0.1) is 0 Å². The molecule has 0 heterocycles. The Bertz CT molecular complexity index is 186. The topological polar surface area (TPSA) is 94.8 Å². The predicted molar refractivity (Wildman–Crippen MR) is 36.2 cm³/mol. The van der Waals surface area contributed by atoms with Gasteiger partial charge in [-0.25, -0.2) is 4.79 Å². The maximum atomic E-state index is 10.3. The SMILES string of the molecule is CCC(O)(CC(=O)O)C(=O)O.[H-].[K+]. The van der Waals surface area contributed by atoms with Crippen molar-refractivity contribution in [2.45, 2.75) is 25.4 Å². The second kappa shape index (κ2) is 6.06. The Labute approximate surface area is 114 Å². The van der Waals surface area contributed by atoms with Gasteiger partial charge in [0.05, 0.1) is 6.42 Å². The summed E-state index contributed by atoms with van der Waals surface area (Å²) in [5.74, 6) is -2.82. The average Bonchev–Trinajstić information content (AvgIpc) is 1.86. The van der Waals surface area contributed by atoms with E-state index in [0.717, 1.165) is 0 Å². The molecule has 3 N–H and O–H groups in total. The van der Waals surface area contributed by atoms with Crippen molar-refractivity contribution in [1.82, 2.24) is 0 Å². The van der Waals surface area contributed by atoms with Crippen LogP contribution in [0.15, 0.2) is 0 Å². The molecule has 0 bridgehead atoms. The zero-order valence-electron chi connectivity index (χ0n) is 8.07. The fourth-order valence-corrected chi connectivity index (χ4v) is 0.602. The molecule has 0 saturated carbocycles. The molecule has 0 amide bonds. The van der Waals surface area contributed by atoms with Crippen LogP contribution in [0.2, 0.25) is 0 Å². The Morgan fingerprint density at radius 3 is 1.92 bits per heavy atom. The van der Waals surface area contributed by atoms with Gasteiger partial charge in [-0.3, -0.25) is 4.79 Å². The Balaban J connectivity index is -0.000000500. The minimum absolute atomic E-state index is 0. The molecule has 0 aliphatic heterocycles. The first-order valence-corrected chi connectivity index (χ1v) is 3.10. The van der Waals surface area contributed by atoms with E-state index < -0.39 is 24.0 Å². The normalized spacial score (nSPS) is 14.2. The van der Waals surface area contributed by atoms with Crippen LogP contribution in [-0.4, -0.2) is 32.9 Å². The van der Waals surface area contributed by atoms with Crippen molar-refractivity contribution in [2.24, 2.45) is 0 Å². The first-order valence-electron chi connectivity index (χ1n) is 3.10. The summed E-state index contributed by atoms with van der Waals surface area (Å²) in [5.41, 5.74) is -2.12. The molecular weight excluding hydrogens is 191 g/mol. The van der Waals surface area contributed by atoms with E-state index in [-0.39, 0.29) is 59.2 Å². The van der Waals surface area contributed by atoms with Crippen LogP contribution in [0.1, 0.15) is 21.2 Å². The van der Waals surface area contributed by atoms with Crippen LogP contribution < -0.4 is 51.4 Å². The van der Waals surface area contributed by atoms with Gasteiger partial charge in [0.25, 0.3) is 0 Å². The number of hydrogen-bond acceptors (Lipinski definition) is 3. The largest absolute Gasteiger partial charge is 1.00 e. The number of carbonyl (C=O) groups is 2. The second-order valence-electron chi connectivity index (χ2n) is 2.26. The Morgan fingerprint density at radius 2 is 1.83 bits per heavy atom. The number of hydrogen-bond donors (Lipinski definition) is 3. The van der Waals surface area contributed by atoms with Gasteiger partial charge in [0.15, 0.2) is 5.60 Å². The van der Waals surface area contributed by atoms with Gasteiger partial charge in [0, 0.05) is 0 Å². The van der Waals surface area contributed by atoms with Crippen molar-refractivity contribution in [1.29, 1.82) is 0 Å². The molecule has 66 valence electrons. The average molecular weight is 202 g/mol. The monoisotopic (exact) mass is 202 g/mol. The van der Waals surface area contributed by atoms with Crippen LogP contribution >= 0.6 is 0 Å². The van der Waals surface area contributed by atoms with Crippen molar-refractivity contribution in [3.8, 4) is 0 Å². The molecule has 0 radical (unpaired) electrons. The third-order valence-corrected chi connectivity index (χ3v) is 1.43. The smallest absolute Gasteiger partial charge is 1.00 e. The fraction of sp³-hybridized carbons (Fsp3) is 0.667. The second-order valence-corrected chi connectivity index (χ2v) is 2.26. The third-order valence-electron chi connectivity index (χ3n) is 1.43. The summed E-state index contributed by atoms with van der Waals surface area (Å²) in [6, 6.07) is 0. The van der Waals surface area contributed by atoms with Gasteiger partial charge in [0.1, 0.15) is 0 Å². The first-order chi connectivity index (χ1) is 4.92. The molecule has 1 atom stereocenters. The summed E-state index contributed by atoms with van der Waals surface area (Å²) < 4.78 is 0. The number of carboxylic acids is 2. The van der Waals surface area contributed by atoms with Gasteiger partial charge in [-0.15, -0.1) is 0 Å². The van der Waals surface area contributed by atoms with E-state index >= 15 is 0 Å². The summed E-state index contributed by atoms with van der Waals surface area (Å²) in [6.45, 7) is 1.41. The van der Waals surface area contributed by atoms with Gasteiger partial charge in [-0.2, -0.15) is 0 Å². The Kier molecular flexibility index (Phi) is 7.59. The van der Waals surface area contributed by atoms with E-state index in [4.69, 9.17) is 15.3 Å². The molecule has 1 unspecified atom stereocenters. The van der Waals surface area contributed by atoms with Crippen LogP contribution in [0.3, 0.4) is 0 Å². The van der Waals surface area contributed by atoms with E-state index in [1.165, 1.54) is 6.92 Å². The maximum Gasteiger partial charge on any atom is 1.00 e. The van der Waals surface area contributed by atoms with Gasteiger partial charge in [-0.1, -0.05) is 6.92 Å². The zero-order chi connectivity index (χ0) is 9.07. The number of aliphatic carboxylic acids is 2. The summed E-state index contributed by atoms with van der Waals surface area (Å²) in [5, 5.41) is 25.7. The zero-order valence-corrected chi connectivity index (χ0v) is 10.2. The summed E-state index contributed by atoms with van der Waals surface area (Å²) in [6.07, 6.45) is -0.881.